The molecule has 0 atom stereocenters. The van der Waals surface area contributed by atoms with Crippen molar-refractivity contribution < 1.29 is 4.79 Å². The zero-order valence-corrected chi connectivity index (χ0v) is 15.5. The summed E-state index contributed by atoms with van der Waals surface area (Å²) in [7, 11) is 0. The number of hydrogen-bond acceptors (Lipinski definition) is 3. The summed E-state index contributed by atoms with van der Waals surface area (Å²) in [5.41, 5.74) is 4.29. The lowest BCUT2D eigenvalue weighted by Crippen LogP contribution is -2.48. The second-order valence-electron chi connectivity index (χ2n) is 6.61. The average molecular weight is 358 g/mol. The molecule has 25 heavy (non-hydrogen) atoms. The van der Waals surface area contributed by atoms with Crippen molar-refractivity contribution in [3.05, 3.63) is 58.6 Å². The topological polar surface area (TPSA) is 35.6 Å². The molecule has 1 aliphatic rings. The number of aryl methyl sites for hydroxylation is 2. The minimum absolute atomic E-state index is 0.00363. The average Bonchev–Trinajstić information content (AvgIpc) is 2.59. The Morgan fingerprint density at radius 2 is 1.84 bits per heavy atom. The van der Waals surface area contributed by atoms with Gasteiger partial charge < -0.3 is 10.2 Å². The van der Waals surface area contributed by atoms with Gasteiger partial charge in [0.05, 0.1) is 6.54 Å². The second kappa shape index (κ2) is 7.89. The largest absolute Gasteiger partial charge is 0.369 e. The van der Waals surface area contributed by atoms with Crippen LogP contribution < -0.4 is 10.2 Å². The second-order valence-corrected chi connectivity index (χ2v) is 7.02. The monoisotopic (exact) mass is 357 g/mol. The van der Waals surface area contributed by atoms with Gasteiger partial charge in [-0.3, -0.25) is 9.69 Å². The first kappa shape index (κ1) is 17.8. The number of piperazine rings is 1. The Bertz CT molecular complexity index is 754. The van der Waals surface area contributed by atoms with Gasteiger partial charge in [-0.2, -0.15) is 0 Å². The van der Waals surface area contributed by atoms with E-state index in [0.29, 0.717) is 11.6 Å². The molecule has 2 aromatic carbocycles. The highest BCUT2D eigenvalue weighted by Gasteiger charge is 2.19. The first-order valence-electron chi connectivity index (χ1n) is 8.61. The number of amides is 1. The van der Waals surface area contributed by atoms with Crippen molar-refractivity contribution in [1.82, 2.24) is 4.90 Å². The molecule has 1 amide bonds. The van der Waals surface area contributed by atoms with Crippen molar-refractivity contribution in [3.8, 4) is 0 Å². The van der Waals surface area contributed by atoms with Crippen LogP contribution in [0.1, 0.15) is 11.1 Å². The molecule has 1 aliphatic heterocycles. The molecule has 0 spiro atoms. The van der Waals surface area contributed by atoms with Crippen LogP contribution in [0.15, 0.2) is 42.5 Å². The van der Waals surface area contributed by atoms with E-state index in [1.807, 2.05) is 19.1 Å². The summed E-state index contributed by atoms with van der Waals surface area (Å²) in [4.78, 5) is 16.8. The number of carbonyl (C=O) groups excluding carboxylic acids is 1. The summed E-state index contributed by atoms with van der Waals surface area (Å²) in [6.45, 7) is 8.11. The Hall–Kier alpha value is -2.04. The minimum atomic E-state index is 0.00363. The van der Waals surface area contributed by atoms with E-state index in [1.165, 1.54) is 11.3 Å². The third-order valence-electron chi connectivity index (χ3n) is 4.56. The third-order valence-corrected chi connectivity index (χ3v) is 4.97. The van der Waals surface area contributed by atoms with Crippen molar-refractivity contribution in [2.75, 3.05) is 42.9 Å². The van der Waals surface area contributed by atoms with Crippen LogP contribution in [0, 0.1) is 13.8 Å². The van der Waals surface area contributed by atoms with E-state index in [2.05, 4.69) is 46.3 Å². The van der Waals surface area contributed by atoms with Crippen molar-refractivity contribution in [2.45, 2.75) is 13.8 Å². The maximum atomic E-state index is 12.3. The van der Waals surface area contributed by atoms with E-state index in [9.17, 15) is 4.79 Å². The van der Waals surface area contributed by atoms with Crippen molar-refractivity contribution in [2.24, 2.45) is 0 Å². The summed E-state index contributed by atoms with van der Waals surface area (Å²) in [6, 6.07) is 14.2. The number of hydrogen-bond donors (Lipinski definition) is 1. The van der Waals surface area contributed by atoms with E-state index in [-0.39, 0.29) is 5.91 Å². The van der Waals surface area contributed by atoms with Crippen molar-refractivity contribution in [1.29, 1.82) is 0 Å². The quantitative estimate of drug-likeness (QED) is 0.905. The molecule has 1 N–H and O–H groups in total. The molecular formula is C20H24ClN3O. The van der Waals surface area contributed by atoms with Gasteiger partial charge in [-0.25, -0.2) is 0 Å². The van der Waals surface area contributed by atoms with Gasteiger partial charge in [0, 0.05) is 42.6 Å². The van der Waals surface area contributed by atoms with Gasteiger partial charge in [-0.1, -0.05) is 29.8 Å². The fourth-order valence-electron chi connectivity index (χ4n) is 3.06. The summed E-state index contributed by atoms with van der Waals surface area (Å²) in [5, 5.41) is 3.60. The molecule has 4 nitrogen and oxygen atoms in total. The highest BCUT2D eigenvalue weighted by atomic mass is 35.5. The van der Waals surface area contributed by atoms with Gasteiger partial charge in [0.15, 0.2) is 0 Å². The van der Waals surface area contributed by atoms with Crippen LogP contribution in [-0.2, 0) is 4.79 Å². The lowest BCUT2D eigenvalue weighted by molar-refractivity contribution is -0.117. The van der Waals surface area contributed by atoms with Crippen LogP contribution in [0.2, 0.25) is 5.02 Å². The zero-order chi connectivity index (χ0) is 17.8. The smallest absolute Gasteiger partial charge is 0.238 e. The van der Waals surface area contributed by atoms with Gasteiger partial charge in [0.1, 0.15) is 0 Å². The predicted octanol–water partition coefficient (Wildman–Crippen LogP) is 3.72. The van der Waals surface area contributed by atoms with Gasteiger partial charge in [0.25, 0.3) is 0 Å². The number of nitrogens with one attached hydrogen (secondary N) is 1. The number of halogens is 1. The van der Waals surface area contributed by atoms with E-state index in [1.54, 1.807) is 6.07 Å². The number of anilines is 2. The standard InChI is InChI=1S/C20H24ClN3O/c1-15-4-3-5-18(12-15)24-10-8-23(9-11-24)14-20(25)22-17-7-6-16(2)19(21)13-17/h3-7,12-13H,8-11,14H2,1-2H3,(H,22,25). The maximum Gasteiger partial charge on any atom is 0.238 e. The first-order valence-corrected chi connectivity index (χ1v) is 8.99. The lowest BCUT2D eigenvalue weighted by atomic mass is 10.2. The van der Waals surface area contributed by atoms with E-state index >= 15 is 0 Å². The number of rotatable bonds is 4. The molecule has 3 rings (SSSR count). The van der Waals surface area contributed by atoms with Crippen LogP contribution in [0.25, 0.3) is 0 Å². The molecule has 0 saturated carbocycles. The molecule has 5 heteroatoms. The van der Waals surface area contributed by atoms with E-state index < -0.39 is 0 Å². The highest BCUT2D eigenvalue weighted by molar-refractivity contribution is 6.31. The third kappa shape index (κ3) is 4.74. The number of benzene rings is 2. The number of nitrogens with zero attached hydrogens (tertiary/aromatic N) is 2. The SMILES string of the molecule is Cc1cccc(N2CCN(CC(=O)Nc3ccc(C)c(Cl)c3)CC2)c1. The summed E-state index contributed by atoms with van der Waals surface area (Å²) in [6.07, 6.45) is 0. The summed E-state index contributed by atoms with van der Waals surface area (Å²) >= 11 is 6.11. The lowest BCUT2D eigenvalue weighted by Gasteiger charge is -2.35. The van der Waals surface area contributed by atoms with Crippen LogP contribution >= 0.6 is 11.6 Å². The molecule has 1 saturated heterocycles. The van der Waals surface area contributed by atoms with Crippen molar-refractivity contribution >= 4 is 28.9 Å². The van der Waals surface area contributed by atoms with Gasteiger partial charge in [-0.15, -0.1) is 0 Å². The van der Waals surface area contributed by atoms with Crippen molar-refractivity contribution in [3.63, 3.8) is 0 Å². The van der Waals surface area contributed by atoms with Crippen LogP contribution in [0.4, 0.5) is 11.4 Å². The Morgan fingerprint density at radius 1 is 1.08 bits per heavy atom. The van der Waals surface area contributed by atoms with Crippen LogP contribution in [0.3, 0.4) is 0 Å². The Morgan fingerprint density at radius 3 is 2.52 bits per heavy atom. The molecule has 1 heterocycles. The maximum absolute atomic E-state index is 12.3. The molecular weight excluding hydrogens is 334 g/mol. The molecule has 2 aromatic rings. The molecule has 0 radical (unpaired) electrons. The molecule has 0 bridgehead atoms. The molecule has 0 unspecified atom stereocenters. The molecule has 132 valence electrons. The van der Waals surface area contributed by atoms with Crippen LogP contribution in [-0.4, -0.2) is 43.5 Å². The van der Waals surface area contributed by atoms with Crippen LogP contribution in [0.5, 0.6) is 0 Å². The molecule has 0 aliphatic carbocycles. The van der Waals surface area contributed by atoms with E-state index in [0.717, 1.165) is 37.4 Å². The highest BCUT2D eigenvalue weighted by Crippen LogP contribution is 2.20. The minimum Gasteiger partial charge on any atom is -0.369 e. The normalized spacial score (nSPS) is 15.2. The molecule has 1 fully saturated rings. The fraction of sp³-hybridized carbons (Fsp3) is 0.350. The Labute approximate surface area is 154 Å². The first-order chi connectivity index (χ1) is 12.0. The Kier molecular flexibility index (Phi) is 5.61. The fourth-order valence-corrected chi connectivity index (χ4v) is 3.24. The summed E-state index contributed by atoms with van der Waals surface area (Å²) in [5.74, 6) is 0.00363. The van der Waals surface area contributed by atoms with Gasteiger partial charge >= 0.3 is 0 Å². The van der Waals surface area contributed by atoms with Gasteiger partial charge in [-0.05, 0) is 49.2 Å². The zero-order valence-electron chi connectivity index (χ0n) is 14.8. The summed E-state index contributed by atoms with van der Waals surface area (Å²) < 4.78 is 0. The molecule has 0 aromatic heterocycles. The number of carbonyl (C=O) groups is 1. The predicted molar refractivity (Wildman–Crippen MR) is 105 cm³/mol. The van der Waals surface area contributed by atoms with E-state index in [4.69, 9.17) is 11.6 Å². The van der Waals surface area contributed by atoms with Gasteiger partial charge in [0.2, 0.25) is 5.91 Å². The Balaban J connectivity index is 1.50.